The highest BCUT2D eigenvalue weighted by molar-refractivity contribution is 9.10. The number of hydrogen-bond acceptors (Lipinski definition) is 3. The Labute approximate surface area is 131 Å². The monoisotopic (exact) mass is 372 g/mol. The average Bonchev–Trinajstić information content (AvgIpc) is 2.41. The molecule has 0 heterocycles. The first-order valence-electron chi connectivity index (χ1n) is 6.12. The van der Waals surface area contributed by atoms with Crippen molar-refractivity contribution in [3.63, 3.8) is 0 Å². The third kappa shape index (κ3) is 4.60. The molecule has 7 heteroatoms. The van der Waals surface area contributed by atoms with Crippen molar-refractivity contribution < 1.29 is 12.8 Å². The number of nitrogens with one attached hydrogen (secondary N) is 1. The van der Waals surface area contributed by atoms with Crippen molar-refractivity contribution in [2.75, 3.05) is 0 Å². The molecule has 0 fully saturated rings. The van der Waals surface area contributed by atoms with Crippen LogP contribution in [0.4, 0.5) is 4.39 Å². The van der Waals surface area contributed by atoms with E-state index in [2.05, 4.69) is 21.2 Å². The molecular formula is C14H14BrFN2O2S. The van der Waals surface area contributed by atoms with E-state index in [0.29, 0.717) is 23.1 Å². The van der Waals surface area contributed by atoms with E-state index in [4.69, 9.17) is 5.14 Å². The molecule has 0 amide bonds. The highest BCUT2D eigenvalue weighted by atomic mass is 79.9. The fourth-order valence-electron chi connectivity index (χ4n) is 1.80. The normalized spacial score (nSPS) is 11.6. The van der Waals surface area contributed by atoms with Gasteiger partial charge < -0.3 is 5.32 Å². The third-order valence-electron chi connectivity index (χ3n) is 2.91. The molecule has 2 aromatic rings. The second kappa shape index (κ2) is 6.65. The van der Waals surface area contributed by atoms with Crippen LogP contribution in [0, 0.1) is 5.82 Å². The molecule has 2 aromatic carbocycles. The lowest BCUT2D eigenvalue weighted by Crippen LogP contribution is -2.15. The number of primary sulfonamides is 1. The molecule has 4 nitrogen and oxygen atoms in total. The fraction of sp³-hybridized carbons (Fsp3) is 0.143. The van der Waals surface area contributed by atoms with Crippen LogP contribution in [0.1, 0.15) is 11.1 Å². The first-order valence-corrected chi connectivity index (χ1v) is 8.46. The molecule has 21 heavy (non-hydrogen) atoms. The minimum absolute atomic E-state index is 0.0743. The first kappa shape index (κ1) is 16.1. The van der Waals surface area contributed by atoms with Gasteiger partial charge in [-0.1, -0.05) is 34.1 Å². The standard InChI is InChI=1S/C14H14BrFN2O2S/c15-12-4-3-11(14(16)7-12)9-18-8-10-1-5-13(6-2-10)21(17,19)20/h1-7,18H,8-9H2,(H2,17,19,20). The summed E-state index contributed by atoms with van der Waals surface area (Å²) in [5.41, 5.74) is 1.46. The van der Waals surface area contributed by atoms with E-state index in [9.17, 15) is 12.8 Å². The Morgan fingerprint density at radius 3 is 2.33 bits per heavy atom. The predicted octanol–water partition coefficient (Wildman–Crippen LogP) is 2.53. The molecular weight excluding hydrogens is 359 g/mol. The zero-order chi connectivity index (χ0) is 15.5. The molecule has 0 saturated carbocycles. The maximum atomic E-state index is 13.6. The molecule has 2 rings (SSSR count). The van der Waals surface area contributed by atoms with Crippen molar-refractivity contribution in [3.8, 4) is 0 Å². The number of sulfonamides is 1. The van der Waals surface area contributed by atoms with Gasteiger partial charge in [0, 0.05) is 23.1 Å². The van der Waals surface area contributed by atoms with E-state index < -0.39 is 10.0 Å². The summed E-state index contributed by atoms with van der Waals surface area (Å²) < 4.78 is 36.6. The summed E-state index contributed by atoms with van der Waals surface area (Å²) >= 11 is 3.20. The van der Waals surface area contributed by atoms with Crippen molar-refractivity contribution in [1.82, 2.24) is 5.32 Å². The van der Waals surface area contributed by atoms with Crippen molar-refractivity contribution in [1.29, 1.82) is 0 Å². The van der Waals surface area contributed by atoms with Gasteiger partial charge in [0.05, 0.1) is 4.90 Å². The number of halogens is 2. The van der Waals surface area contributed by atoms with Crippen molar-refractivity contribution in [2.45, 2.75) is 18.0 Å². The van der Waals surface area contributed by atoms with E-state index in [-0.39, 0.29) is 10.7 Å². The van der Waals surface area contributed by atoms with Gasteiger partial charge in [-0.2, -0.15) is 0 Å². The van der Waals surface area contributed by atoms with Gasteiger partial charge in [-0.25, -0.2) is 17.9 Å². The Hall–Kier alpha value is -1.28. The molecule has 3 N–H and O–H groups in total. The summed E-state index contributed by atoms with van der Waals surface area (Å²) in [6.45, 7) is 0.885. The van der Waals surface area contributed by atoms with Crippen LogP contribution in [0.25, 0.3) is 0 Å². The Morgan fingerprint density at radius 1 is 1.10 bits per heavy atom. The topological polar surface area (TPSA) is 72.2 Å². The largest absolute Gasteiger partial charge is 0.309 e. The van der Waals surface area contributed by atoms with E-state index in [0.717, 1.165) is 5.56 Å². The van der Waals surface area contributed by atoms with Crippen LogP contribution >= 0.6 is 15.9 Å². The maximum absolute atomic E-state index is 13.6. The molecule has 0 aliphatic rings. The van der Waals surface area contributed by atoms with Crippen LogP contribution < -0.4 is 10.5 Å². The Bertz CT molecular complexity index is 733. The quantitative estimate of drug-likeness (QED) is 0.846. The lowest BCUT2D eigenvalue weighted by molar-refractivity contribution is 0.586. The van der Waals surface area contributed by atoms with Crippen LogP contribution in [0.15, 0.2) is 51.8 Å². The number of rotatable bonds is 5. The summed E-state index contributed by atoms with van der Waals surface area (Å²) in [4.78, 5) is 0.0743. The average molecular weight is 373 g/mol. The zero-order valence-corrected chi connectivity index (χ0v) is 13.4. The summed E-state index contributed by atoms with van der Waals surface area (Å²) in [6, 6.07) is 11.1. The fourth-order valence-corrected chi connectivity index (χ4v) is 2.65. The van der Waals surface area contributed by atoms with Crippen molar-refractivity contribution in [3.05, 3.63) is 63.9 Å². The summed E-state index contributed by atoms with van der Waals surface area (Å²) in [7, 11) is -3.67. The van der Waals surface area contributed by atoms with Gasteiger partial charge >= 0.3 is 0 Å². The number of nitrogens with two attached hydrogens (primary N) is 1. The van der Waals surface area contributed by atoms with Crippen molar-refractivity contribution >= 4 is 26.0 Å². The molecule has 0 aliphatic carbocycles. The second-order valence-electron chi connectivity index (χ2n) is 4.53. The second-order valence-corrected chi connectivity index (χ2v) is 7.01. The number of benzene rings is 2. The summed E-state index contributed by atoms with van der Waals surface area (Å²) in [5.74, 6) is -0.276. The molecule has 0 aromatic heterocycles. The molecule has 0 radical (unpaired) electrons. The van der Waals surface area contributed by atoms with E-state index in [1.165, 1.54) is 18.2 Å². The van der Waals surface area contributed by atoms with Gasteiger partial charge in [0.1, 0.15) is 5.82 Å². The van der Waals surface area contributed by atoms with Gasteiger partial charge in [0.2, 0.25) is 10.0 Å². The minimum Gasteiger partial charge on any atom is -0.309 e. The lowest BCUT2D eigenvalue weighted by Gasteiger charge is -2.07. The first-order chi connectivity index (χ1) is 9.86. The van der Waals surface area contributed by atoms with Gasteiger partial charge in [-0.15, -0.1) is 0 Å². The SMILES string of the molecule is NS(=O)(=O)c1ccc(CNCc2ccc(Br)cc2F)cc1. The number of hydrogen-bond donors (Lipinski definition) is 2. The van der Waals surface area contributed by atoms with E-state index >= 15 is 0 Å². The Kier molecular flexibility index (Phi) is 5.10. The Morgan fingerprint density at radius 2 is 1.76 bits per heavy atom. The van der Waals surface area contributed by atoms with Crippen LogP contribution in [-0.4, -0.2) is 8.42 Å². The van der Waals surface area contributed by atoms with E-state index in [1.807, 2.05) is 0 Å². The van der Waals surface area contributed by atoms with Gasteiger partial charge in [0.25, 0.3) is 0 Å². The van der Waals surface area contributed by atoms with E-state index in [1.54, 1.807) is 24.3 Å². The lowest BCUT2D eigenvalue weighted by atomic mass is 10.2. The maximum Gasteiger partial charge on any atom is 0.238 e. The Balaban J connectivity index is 1.94. The molecule has 0 unspecified atom stereocenters. The van der Waals surface area contributed by atoms with Crippen LogP contribution in [0.3, 0.4) is 0 Å². The van der Waals surface area contributed by atoms with Crippen LogP contribution in [-0.2, 0) is 23.1 Å². The minimum atomic E-state index is -3.67. The highest BCUT2D eigenvalue weighted by Gasteiger charge is 2.07. The summed E-state index contributed by atoms with van der Waals surface area (Å²) in [5, 5.41) is 8.12. The third-order valence-corrected chi connectivity index (χ3v) is 4.33. The molecule has 0 bridgehead atoms. The molecule has 112 valence electrons. The predicted molar refractivity (Wildman–Crippen MR) is 82.5 cm³/mol. The summed E-state index contributed by atoms with van der Waals surface area (Å²) in [6.07, 6.45) is 0. The molecule has 0 atom stereocenters. The zero-order valence-electron chi connectivity index (χ0n) is 11.0. The van der Waals surface area contributed by atoms with Gasteiger partial charge in [-0.05, 0) is 29.8 Å². The van der Waals surface area contributed by atoms with Gasteiger partial charge in [0.15, 0.2) is 0 Å². The molecule has 0 saturated heterocycles. The van der Waals surface area contributed by atoms with Crippen molar-refractivity contribution in [2.24, 2.45) is 5.14 Å². The smallest absolute Gasteiger partial charge is 0.238 e. The molecule has 0 spiro atoms. The van der Waals surface area contributed by atoms with Gasteiger partial charge in [-0.3, -0.25) is 0 Å². The molecule has 0 aliphatic heterocycles. The van der Waals surface area contributed by atoms with Crippen LogP contribution in [0.2, 0.25) is 0 Å². The van der Waals surface area contributed by atoms with Crippen LogP contribution in [0.5, 0.6) is 0 Å². The highest BCUT2D eigenvalue weighted by Crippen LogP contribution is 2.15.